The van der Waals surface area contributed by atoms with E-state index in [2.05, 4.69) is 10.5 Å². The maximum absolute atomic E-state index is 15.6. The van der Waals surface area contributed by atoms with Crippen LogP contribution in [0.4, 0.5) is 10.1 Å². The molecule has 9 nitrogen and oxygen atoms in total. The standard InChI is InChI=1S/C23H28FN3O6/c1-3-30-16-12-17(20(24)18(13-16)33-19-6-5-11-32-19)21(23(28)31-4-2)26-15-9-7-14(8-10-15)22(25)27-29/h7-10,12-13,19,21,26,29H,3-6,11H2,1-2H3,(H2,25,27)/t19?,21-/m1/s1. The van der Waals surface area contributed by atoms with E-state index in [1.165, 1.54) is 12.1 Å². The van der Waals surface area contributed by atoms with Crippen molar-refractivity contribution in [2.75, 3.05) is 25.1 Å². The molecule has 1 aliphatic heterocycles. The Labute approximate surface area is 191 Å². The van der Waals surface area contributed by atoms with Crippen molar-refractivity contribution < 1.29 is 33.3 Å². The Kier molecular flexibility index (Phi) is 8.31. The Balaban J connectivity index is 1.98. The predicted octanol–water partition coefficient (Wildman–Crippen LogP) is 3.55. The minimum atomic E-state index is -1.19. The summed E-state index contributed by atoms with van der Waals surface area (Å²) in [7, 11) is 0. The largest absolute Gasteiger partial charge is 0.494 e. The highest BCUT2D eigenvalue weighted by atomic mass is 19.1. The molecule has 2 atom stereocenters. The summed E-state index contributed by atoms with van der Waals surface area (Å²) in [6.45, 7) is 4.47. The number of oxime groups is 1. The molecule has 4 N–H and O–H groups in total. The second kappa shape index (κ2) is 11.4. The van der Waals surface area contributed by atoms with E-state index in [-0.39, 0.29) is 23.8 Å². The van der Waals surface area contributed by atoms with Crippen LogP contribution >= 0.6 is 0 Å². The molecule has 0 bridgehead atoms. The molecule has 1 fully saturated rings. The van der Waals surface area contributed by atoms with Crippen molar-refractivity contribution >= 4 is 17.5 Å². The summed E-state index contributed by atoms with van der Waals surface area (Å²) in [5.41, 5.74) is 6.57. The number of carbonyl (C=O) groups is 1. The van der Waals surface area contributed by atoms with Crippen LogP contribution in [0, 0.1) is 5.82 Å². The molecule has 0 aromatic heterocycles. The highest BCUT2D eigenvalue weighted by Gasteiger charge is 2.29. The first-order chi connectivity index (χ1) is 16.0. The molecule has 2 aromatic carbocycles. The van der Waals surface area contributed by atoms with Crippen LogP contribution in [0.2, 0.25) is 0 Å². The van der Waals surface area contributed by atoms with Crippen LogP contribution in [-0.2, 0) is 14.3 Å². The third kappa shape index (κ3) is 6.04. The number of carbonyl (C=O) groups excluding carboxylic acids is 1. The van der Waals surface area contributed by atoms with E-state index < -0.39 is 24.1 Å². The van der Waals surface area contributed by atoms with Crippen molar-refractivity contribution in [2.24, 2.45) is 10.9 Å². The molecule has 1 heterocycles. The van der Waals surface area contributed by atoms with Gasteiger partial charge in [0.25, 0.3) is 0 Å². The van der Waals surface area contributed by atoms with Gasteiger partial charge in [0, 0.05) is 29.3 Å². The smallest absolute Gasteiger partial charge is 0.333 e. The van der Waals surface area contributed by atoms with Gasteiger partial charge in [0.1, 0.15) is 5.75 Å². The number of esters is 1. The molecular weight excluding hydrogens is 433 g/mol. The molecule has 0 spiro atoms. The van der Waals surface area contributed by atoms with Crippen LogP contribution in [0.25, 0.3) is 0 Å². The zero-order chi connectivity index (χ0) is 23.8. The molecule has 0 aliphatic carbocycles. The monoisotopic (exact) mass is 461 g/mol. The third-order valence-electron chi connectivity index (χ3n) is 4.93. The maximum atomic E-state index is 15.6. The van der Waals surface area contributed by atoms with Crippen molar-refractivity contribution in [3.63, 3.8) is 0 Å². The number of amidine groups is 1. The zero-order valence-corrected chi connectivity index (χ0v) is 18.5. The molecule has 0 saturated carbocycles. The molecule has 1 unspecified atom stereocenters. The average Bonchev–Trinajstić information content (AvgIpc) is 3.33. The van der Waals surface area contributed by atoms with E-state index in [0.29, 0.717) is 36.6 Å². The van der Waals surface area contributed by atoms with Crippen LogP contribution in [-0.4, -0.2) is 43.1 Å². The Bertz CT molecular complexity index is 977. The van der Waals surface area contributed by atoms with Gasteiger partial charge in [0.05, 0.1) is 19.8 Å². The van der Waals surface area contributed by atoms with Crippen LogP contribution in [0.3, 0.4) is 0 Å². The fraction of sp³-hybridized carbons (Fsp3) is 0.391. The van der Waals surface area contributed by atoms with E-state index in [9.17, 15) is 4.79 Å². The Morgan fingerprint density at radius 1 is 1.30 bits per heavy atom. The molecule has 1 saturated heterocycles. The minimum absolute atomic E-state index is 0.00732. The quantitative estimate of drug-likeness (QED) is 0.161. The van der Waals surface area contributed by atoms with Gasteiger partial charge in [-0.15, -0.1) is 0 Å². The maximum Gasteiger partial charge on any atom is 0.333 e. The number of halogens is 1. The average molecular weight is 461 g/mol. The number of anilines is 1. The van der Waals surface area contributed by atoms with E-state index in [1.54, 1.807) is 38.1 Å². The van der Waals surface area contributed by atoms with E-state index in [0.717, 1.165) is 6.42 Å². The second-order valence-corrected chi connectivity index (χ2v) is 7.21. The molecule has 2 aromatic rings. The topological polar surface area (TPSA) is 125 Å². The van der Waals surface area contributed by atoms with Gasteiger partial charge in [-0.2, -0.15) is 0 Å². The van der Waals surface area contributed by atoms with Crippen LogP contribution in [0.15, 0.2) is 41.6 Å². The normalized spacial score (nSPS) is 16.8. The summed E-state index contributed by atoms with van der Waals surface area (Å²) >= 11 is 0. The van der Waals surface area contributed by atoms with Gasteiger partial charge in [0.2, 0.25) is 0 Å². The Hall–Kier alpha value is -3.53. The molecule has 1 aliphatic rings. The van der Waals surface area contributed by atoms with E-state index >= 15 is 4.39 Å². The van der Waals surface area contributed by atoms with E-state index in [4.69, 9.17) is 29.9 Å². The second-order valence-electron chi connectivity index (χ2n) is 7.21. The number of ether oxygens (including phenoxy) is 4. The van der Waals surface area contributed by atoms with Gasteiger partial charge in [-0.05, 0) is 50.6 Å². The Morgan fingerprint density at radius 3 is 2.67 bits per heavy atom. The van der Waals surface area contributed by atoms with Gasteiger partial charge in [-0.3, -0.25) is 0 Å². The van der Waals surface area contributed by atoms with Crippen molar-refractivity contribution in [3.05, 3.63) is 53.3 Å². The SMILES string of the molecule is CCOC(=O)[C@H](Nc1ccc(/C(N)=N\O)cc1)c1cc(OCC)cc(OC2CCCO2)c1F. The minimum Gasteiger partial charge on any atom is -0.494 e. The van der Waals surface area contributed by atoms with E-state index in [1.807, 2.05) is 0 Å². The molecule has 0 amide bonds. The van der Waals surface area contributed by atoms with Gasteiger partial charge in [-0.1, -0.05) is 5.16 Å². The lowest BCUT2D eigenvalue weighted by Gasteiger charge is -2.22. The van der Waals surface area contributed by atoms with Crippen molar-refractivity contribution in [1.29, 1.82) is 0 Å². The lowest BCUT2D eigenvalue weighted by atomic mass is 10.0. The number of hydrogen-bond acceptors (Lipinski definition) is 8. The highest BCUT2D eigenvalue weighted by Crippen LogP contribution is 2.35. The number of nitrogens with zero attached hydrogens (tertiary/aromatic N) is 1. The van der Waals surface area contributed by atoms with Crippen LogP contribution in [0.1, 0.15) is 43.9 Å². The van der Waals surface area contributed by atoms with Crippen molar-refractivity contribution in [2.45, 2.75) is 39.0 Å². The van der Waals surface area contributed by atoms with Crippen LogP contribution in [0.5, 0.6) is 11.5 Å². The molecule has 3 rings (SSSR count). The fourth-order valence-corrected chi connectivity index (χ4v) is 3.37. The number of nitrogens with one attached hydrogen (secondary N) is 1. The summed E-state index contributed by atoms with van der Waals surface area (Å²) in [6, 6.07) is 8.13. The summed E-state index contributed by atoms with van der Waals surface area (Å²) in [6.07, 6.45) is 0.892. The first-order valence-electron chi connectivity index (χ1n) is 10.7. The lowest BCUT2D eigenvalue weighted by Crippen LogP contribution is -2.25. The third-order valence-corrected chi connectivity index (χ3v) is 4.93. The zero-order valence-electron chi connectivity index (χ0n) is 18.5. The molecular formula is C23H28FN3O6. The number of benzene rings is 2. The van der Waals surface area contributed by atoms with Gasteiger partial charge in [-0.25, -0.2) is 9.18 Å². The van der Waals surface area contributed by atoms with Crippen molar-refractivity contribution in [1.82, 2.24) is 0 Å². The molecule has 33 heavy (non-hydrogen) atoms. The number of hydrogen-bond donors (Lipinski definition) is 3. The molecule has 178 valence electrons. The van der Waals surface area contributed by atoms with Gasteiger partial charge in [0.15, 0.2) is 29.7 Å². The number of nitrogens with two attached hydrogens (primary N) is 1. The first kappa shape index (κ1) is 24.1. The Morgan fingerprint density at radius 2 is 2.06 bits per heavy atom. The molecule has 0 radical (unpaired) electrons. The summed E-state index contributed by atoms with van der Waals surface area (Å²) in [4.78, 5) is 12.8. The summed E-state index contributed by atoms with van der Waals surface area (Å²) < 4.78 is 37.5. The van der Waals surface area contributed by atoms with Gasteiger partial charge >= 0.3 is 5.97 Å². The number of rotatable bonds is 10. The lowest BCUT2D eigenvalue weighted by molar-refractivity contribution is -0.144. The predicted molar refractivity (Wildman–Crippen MR) is 119 cm³/mol. The summed E-state index contributed by atoms with van der Waals surface area (Å²) in [5, 5.41) is 14.8. The summed E-state index contributed by atoms with van der Waals surface area (Å²) in [5.74, 6) is -1.17. The fourth-order valence-electron chi connectivity index (χ4n) is 3.37. The first-order valence-corrected chi connectivity index (χ1v) is 10.7. The molecule has 10 heteroatoms. The van der Waals surface area contributed by atoms with Gasteiger partial charge < -0.3 is 35.2 Å². The van der Waals surface area contributed by atoms with Crippen LogP contribution < -0.4 is 20.5 Å². The van der Waals surface area contributed by atoms with Crippen molar-refractivity contribution in [3.8, 4) is 11.5 Å². The highest BCUT2D eigenvalue weighted by molar-refractivity contribution is 5.97.